The minimum atomic E-state index is -1.98. The van der Waals surface area contributed by atoms with E-state index in [1.165, 1.54) is 0 Å². The van der Waals surface area contributed by atoms with Crippen LogP contribution in [0.1, 0.15) is 27.7 Å². The number of allylic oxidation sites excluding steroid dienone is 1. The van der Waals surface area contributed by atoms with Gasteiger partial charge in [0.2, 0.25) is 0 Å². The van der Waals surface area contributed by atoms with Crippen molar-refractivity contribution in [2.24, 2.45) is 5.92 Å². The van der Waals surface area contributed by atoms with Gasteiger partial charge in [0.25, 0.3) is 0 Å². The molecule has 0 heterocycles. The molecule has 0 N–H and O–H groups in total. The topological polar surface area (TPSA) is 9.23 Å². The normalized spacial score (nSPS) is 17.3. The molecule has 0 bridgehead atoms. The van der Waals surface area contributed by atoms with E-state index < -0.39 is 36.8 Å². The van der Waals surface area contributed by atoms with Gasteiger partial charge < -0.3 is 0 Å². The first-order valence-electron chi connectivity index (χ1n) is 7.41. The summed E-state index contributed by atoms with van der Waals surface area (Å²) in [5.74, 6) is 0.702. The van der Waals surface area contributed by atoms with E-state index in [1.54, 1.807) is 0 Å². The zero-order valence-corrected chi connectivity index (χ0v) is 21.4. The molecule has 0 rings (SSSR count). The van der Waals surface area contributed by atoms with Crippen LogP contribution in [0, 0.1) is 5.92 Å². The Hall–Kier alpha value is 1.35. The van der Waals surface area contributed by atoms with Crippen molar-refractivity contribution in [2.75, 3.05) is 0 Å². The molecule has 19 heavy (non-hydrogen) atoms. The second-order valence-corrected chi connectivity index (χ2v) is 44.8. The van der Waals surface area contributed by atoms with Crippen molar-refractivity contribution in [1.82, 2.24) is 0 Å². The molecular formula is C15H34OSiSn2. The average molecular weight is 496 g/mol. The summed E-state index contributed by atoms with van der Waals surface area (Å²) in [5, 5.41) is 0.377. The Morgan fingerprint density at radius 1 is 1.00 bits per heavy atom. The van der Waals surface area contributed by atoms with Gasteiger partial charge >= 0.3 is 134 Å². The van der Waals surface area contributed by atoms with Crippen LogP contribution in [-0.4, -0.2) is 46.5 Å². The molecule has 0 fully saturated rings. The van der Waals surface area contributed by atoms with Crippen molar-refractivity contribution in [1.29, 1.82) is 0 Å². The standard InChI is InChI=1S/C9H16OSi.6CH3.2Sn/c1-6-7-10-11-9(4,5)8(2)3;;;;;;;;/h4,6-8H,1-3,5H3;6*1H3;;/b7-6-;;;;;;;;. The summed E-state index contributed by atoms with van der Waals surface area (Å²) in [6.45, 7) is 9.33. The molecule has 0 saturated carbocycles. The Bertz CT molecular complexity index is 288. The van der Waals surface area contributed by atoms with Crippen LogP contribution in [0.3, 0.4) is 0 Å². The van der Waals surface area contributed by atoms with Gasteiger partial charge in [0.05, 0.1) is 0 Å². The first-order valence-corrected chi connectivity index (χ1v) is 28.7. The van der Waals surface area contributed by atoms with Gasteiger partial charge in [-0.3, -0.25) is 0 Å². The minimum absolute atomic E-state index is 0.377. The molecule has 1 nitrogen and oxygen atoms in total. The number of hydrogen-bond acceptors (Lipinski definition) is 1. The average Bonchev–Trinajstić information content (AvgIpc) is 2.12. The zero-order chi connectivity index (χ0) is 15.5. The van der Waals surface area contributed by atoms with E-state index >= 15 is 0 Å². The van der Waals surface area contributed by atoms with Gasteiger partial charge in [0, 0.05) is 0 Å². The first-order chi connectivity index (χ1) is 8.37. The Kier molecular flexibility index (Phi) is 8.11. The second kappa shape index (κ2) is 7.57. The van der Waals surface area contributed by atoms with Crippen LogP contribution in [0.25, 0.3) is 0 Å². The Morgan fingerprint density at radius 3 is 1.68 bits per heavy atom. The molecule has 0 aromatic heterocycles. The fourth-order valence-corrected chi connectivity index (χ4v) is 80.8. The summed E-state index contributed by atoms with van der Waals surface area (Å²) < 4.78 is 6.91. The second-order valence-electron chi connectivity index (χ2n) is 8.29. The van der Waals surface area contributed by atoms with Crippen LogP contribution >= 0.6 is 0 Å². The first kappa shape index (κ1) is 20.4. The molecule has 0 aliphatic rings. The van der Waals surface area contributed by atoms with E-state index in [1.807, 2.05) is 19.3 Å². The monoisotopic (exact) mass is 498 g/mol. The third-order valence-electron chi connectivity index (χ3n) is 4.01. The zero-order valence-electron chi connectivity index (χ0n) is 14.7. The van der Waals surface area contributed by atoms with Crippen LogP contribution < -0.4 is 0 Å². The molecule has 1 atom stereocenters. The molecule has 0 aromatic carbocycles. The van der Waals surface area contributed by atoms with Gasteiger partial charge in [-0.2, -0.15) is 0 Å². The van der Waals surface area contributed by atoms with E-state index in [0.29, 0.717) is 20.7 Å². The van der Waals surface area contributed by atoms with Gasteiger partial charge in [-0.15, -0.1) is 0 Å². The van der Waals surface area contributed by atoms with Gasteiger partial charge in [0.1, 0.15) is 0 Å². The van der Waals surface area contributed by atoms with Crippen molar-refractivity contribution in [3.63, 3.8) is 0 Å². The van der Waals surface area contributed by atoms with Crippen LogP contribution in [-0.2, 0) is 4.43 Å². The van der Waals surface area contributed by atoms with Gasteiger partial charge in [-0.1, -0.05) is 0 Å². The molecule has 112 valence electrons. The molecule has 0 amide bonds. The third kappa shape index (κ3) is 5.93. The fourth-order valence-electron chi connectivity index (χ4n) is 3.84. The van der Waals surface area contributed by atoms with Crippen LogP contribution in [0.4, 0.5) is 0 Å². The van der Waals surface area contributed by atoms with E-state index in [2.05, 4.69) is 50.4 Å². The number of rotatable bonds is 7. The summed E-state index contributed by atoms with van der Waals surface area (Å²) in [5.41, 5.74) is 0. The molecular weight excluding hydrogens is 462 g/mol. The van der Waals surface area contributed by atoms with E-state index in [4.69, 9.17) is 4.43 Å². The van der Waals surface area contributed by atoms with Crippen molar-refractivity contribution < 1.29 is 4.43 Å². The molecule has 0 spiro atoms. The molecule has 0 aliphatic carbocycles. The summed E-state index contributed by atoms with van der Waals surface area (Å²) in [6, 6.07) is 0. The van der Waals surface area contributed by atoms with E-state index in [-0.39, 0.29) is 0 Å². The molecule has 1 unspecified atom stereocenters. The predicted molar refractivity (Wildman–Crippen MR) is 95.3 cm³/mol. The molecule has 2 radical (unpaired) electrons. The van der Waals surface area contributed by atoms with Gasteiger partial charge in [-0.05, 0) is 0 Å². The SMILES string of the molecule is C/C=C\O[Si]C(C)(C(C)C)[CH]([Sn]([CH3])([CH3])[CH3])[Sn]([CH3])([CH3])[CH3]. The van der Waals surface area contributed by atoms with Gasteiger partial charge in [-0.25, -0.2) is 0 Å². The summed E-state index contributed by atoms with van der Waals surface area (Å²) in [6.07, 6.45) is 3.88. The summed E-state index contributed by atoms with van der Waals surface area (Å²) >= 11 is -3.95. The predicted octanol–water partition coefficient (Wildman–Crippen LogP) is 5.58. The number of hydrogen-bond donors (Lipinski definition) is 0. The Morgan fingerprint density at radius 2 is 1.42 bits per heavy atom. The van der Waals surface area contributed by atoms with E-state index in [9.17, 15) is 0 Å². The maximum absolute atomic E-state index is 5.89. The van der Waals surface area contributed by atoms with Gasteiger partial charge in [0.15, 0.2) is 0 Å². The van der Waals surface area contributed by atoms with Crippen molar-refractivity contribution in [3.8, 4) is 0 Å². The quantitative estimate of drug-likeness (QED) is 0.331. The maximum atomic E-state index is 5.89. The van der Waals surface area contributed by atoms with Crippen LogP contribution in [0.2, 0.25) is 36.6 Å². The molecule has 4 heteroatoms. The summed E-state index contributed by atoms with van der Waals surface area (Å²) in [4.78, 5) is 15.8. The Balaban J connectivity index is 5.52. The van der Waals surface area contributed by atoms with Crippen molar-refractivity contribution in [2.45, 2.75) is 64.3 Å². The third-order valence-corrected chi connectivity index (χ3v) is 53.7. The van der Waals surface area contributed by atoms with Crippen molar-refractivity contribution >= 4 is 46.5 Å². The van der Waals surface area contributed by atoms with Crippen LogP contribution in [0.15, 0.2) is 12.3 Å². The van der Waals surface area contributed by atoms with E-state index in [0.717, 1.165) is 1.95 Å². The molecule has 0 aromatic rings. The molecule has 0 aliphatic heterocycles. The Labute approximate surface area is 132 Å². The van der Waals surface area contributed by atoms with Crippen LogP contribution in [0.5, 0.6) is 0 Å². The summed E-state index contributed by atoms with van der Waals surface area (Å²) in [7, 11) is 0.609. The van der Waals surface area contributed by atoms with Crippen molar-refractivity contribution in [3.05, 3.63) is 12.3 Å². The fraction of sp³-hybridized carbons (Fsp3) is 0.867. The molecule has 0 saturated heterocycles.